The zero-order chi connectivity index (χ0) is 17.5. The lowest BCUT2D eigenvalue weighted by Gasteiger charge is -2.13. The van der Waals surface area contributed by atoms with Gasteiger partial charge in [0.05, 0.1) is 6.20 Å². The fourth-order valence-corrected chi connectivity index (χ4v) is 2.26. The topological polar surface area (TPSA) is 81.2 Å². The molecule has 2 aromatic carbocycles. The van der Waals surface area contributed by atoms with Crippen LogP contribution in [0.15, 0.2) is 72.9 Å². The number of benzene rings is 2. The minimum absolute atomic E-state index is 0.112. The van der Waals surface area contributed by atoms with Crippen molar-refractivity contribution in [1.29, 1.82) is 5.41 Å². The summed E-state index contributed by atoms with van der Waals surface area (Å²) in [7, 11) is 0. The Labute approximate surface area is 146 Å². The molecule has 0 saturated heterocycles. The number of nitrogens with two attached hydrogens (primary N) is 1. The van der Waals surface area contributed by atoms with Crippen LogP contribution in [0, 0.1) is 5.41 Å². The molecule has 0 radical (unpaired) electrons. The van der Waals surface area contributed by atoms with E-state index in [2.05, 4.69) is 4.98 Å². The lowest BCUT2D eigenvalue weighted by atomic mass is 10.2. The van der Waals surface area contributed by atoms with Gasteiger partial charge in [-0.15, -0.1) is 0 Å². The molecule has 0 aliphatic rings. The third kappa shape index (κ3) is 4.57. The fraction of sp³-hybridized carbons (Fsp3) is 0.100. The van der Waals surface area contributed by atoms with Crippen LogP contribution in [0.4, 0.5) is 0 Å². The third-order valence-electron chi connectivity index (χ3n) is 3.58. The molecule has 0 atom stereocenters. The Morgan fingerprint density at radius 3 is 1.88 bits per heavy atom. The first kappa shape index (κ1) is 16.5. The lowest BCUT2D eigenvalue weighted by Crippen LogP contribution is -2.13. The maximum atomic E-state index is 7.55. The highest BCUT2D eigenvalue weighted by molar-refractivity contribution is 5.93. The number of nitrogens with one attached hydrogen (secondary N) is 1. The predicted octanol–water partition coefficient (Wildman–Crippen LogP) is 3.52. The second kappa shape index (κ2) is 7.97. The van der Waals surface area contributed by atoms with E-state index in [1.807, 2.05) is 60.7 Å². The smallest absolute Gasteiger partial charge is 0.179 e. The Bertz CT molecular complexity index is 836. The van der Waals surface area contributed by atoms with Crippen LogP contribution in [0.25, 0.3) is 0 Å². The van der Waals surface area contributed by atoms with Gasteiger partial charge in [-0.3, -0.25) is 5.41 Å². The number of amidine groups is 1. The van der Waals surface area contributed by atoms with Crippen molar-refractivity contribution in [1.82, 2.24) is 4.98 Å². The second-order valence-electron chi connectivity index (χ2n) is 5.48. The molecule has 0 amide bonds. The van der Waals surface area contributed by atoms with Gasteiger partial charge < -0.3 is 15.2 Å². The molecule has 1 aromatic heterocycles. The molecule has 3 aromatic rings. The quantitative estimate of drug-likeness (QED) is 0.512. The highest BCUT2D eigenvalue weighted by Gasteiger charge is 2.10. The van der Waals surface area contributed by atoms with E-state index in [1.54, 1.807) is 12.3 Å². The van der Waals surface area contributed by atoms with E-state index in [0.29, 0.717) is 30.4 Å². The first-order valence-electron chi connectivity index (χ1n) is 7.90. The SMILES string of the molecule is N=C(N)c1cc(OCc2ccccc2)c(OCc2ccccc2)cn1. The van der Waals surface area contributed by atoms with Crippen LogP contribution < -0.4 is 15.2 Å². The highest BCUT2D eigenvalue weighted by Crippen LogP contribution is 2.28. The molecule has 5 nitrogen and oxygen atoms in total. The summed E-state index contributed by atoms with van der Waals surface area (Å²) in [6, 6.07) is 21.3. The summed E-state index contributed by atoms with van der Waals surface area (Å²) < 4.78 is 11.7. The van der Waals surface area contributed by atoms with Crippen molar-refractivity contribution >= 4 is 5.84 Å². The summed E-state index contributed by atoms with van der Waals surface area (Å²) in [4.78, 5) is 4.15. The number of aromatic nitrogens is 1. The molecule has 0 spiro atoms. The molecular formula is C20H19N3O2. The maximum absolute atomic E-state index is 7.55. The van der Waals surface area contributed by atoms with Crippen molar-refractivity contribution < 1.29 is 9.47 Å². The van der Waals surface area contributed by atoms with E-state index in [4.69, 9.17) is 20.6 Å². The minimum Gasteiger partial charge on any atom is -0.485 e. The van der Waals surface area contributed by atoms with Gasteiger partial charge in [-0.25, -0.2) is 4.98 Å². The number of ether oxygens (including phenoxy) is 2. The Hall–Kier alpha value is -3.34. The van der Waals surface area contributed by atoms with E-state index < -0.39 is 0 Å². The maximum Gasteiger partial charge on any atom is 0.179 e. The number of nitrogen functional groups attached to an aromatic ring is 1. The molecule has 0 fully saturated rings. The Morgan fingerprint density at radius 2 is 1.36 bits per heavy atom. The molecule has 0 bridgehead atoms. The molecule has 1 heterocycles. The molecule has 5 heteroatoms. The molecule has 126 valence electrons. The molecule has 0 aliphatic carbocycles. The van der Waals surface area contributed by atoms with Gasteiger partial charge in [0.25, 0.3) is 0 Å². The molecule has 0 unspecified atom stereocenters. The predicted molar refractivity (Wildman–Crippen MR) is 96.8 cm³/mol. The fourth-order valence-electron chi connectivity index (χ4n) is 2.26. The van der Waals surface area contributed by atoms with Gasteiger partial charge in [-0.2, -0.15) is 0 Å². The zero-order valence-electron chi connectivity index (χ0n) is 13.7. The molecule has 3 rings (SSSR count). The Balaban J connectivity index is 1.77. The minimum atomic E-state index is -0.112. The first-order chi connectivity index (χ1) is 12.2. The molecular weight excluding hydrogens is 314 g/mol. The van der Waals surface area contributed by atoms with Gasteiger partial charge in [-0.05, 0) is 11.1 Å². The van der Waals surface area contributed by atoms with Crippen LogP contribution in [0.1, 0.15) is 16.8 Å². The van der Waals surface area contributed by atoms with Crippen molar-refractivity contribution in [3.8, 4) is 11.5 Å². The number of pyridine rings is 1. The van der Waals surface area contributed by atoms with E-state index in [-0.39, 0.29) is 5.84 Å². The van der Waals surface area contributed by atoms with Gasteiger partial charge in [-0.1, -0.05) is 60.7 Å². The van der Waals surface area contributed by atoms with Crippen LogP contribution in [0.2, 0.25) is 0 Å². The van der Waals surface area contributed by atoms with Crippen molar-refractivity contribution in [2.75, 3.05) is 0 Å². The Kier molecular flexibility index (Phi) is 5.26. The summed E-state index contributed by atoms with van der Waals surface area (Å²) >= 11 is 0. The average Bonchev–Trinajstić information content (AvgIpc) is 2.66. The van der Waals surface area contributed by atoms with Crippen molar-refractivity contribution in [3.63, 3.8) is 0 Å². The number of rotatable bonds is 7. The molecule has 0 saturated carbocycles. The van der Waals surface area contributed by atoms with Crippen LogP contribution in [0.3, 0.4) is 0 Å². The zero-order valence-corrected chi connectivity index (χ0v) is 13.7. The lowest BCUT2D eigenvalue weighted by molar-refractivity contribution is 0.255. The largest absolute Gasteiger partial charge is 0.485 e. The van der Waals surface area contributed by atoms with Gasteiger partial charge in [0.2, 0.25) is 0 Å². The molecule has 0 aliphatic heterocycles. The first-order valence-corrected chi connectivity index (χ1v) is 7.90. The second-order valence-corrected chi connectivity index (χ2v) is 5.48. The number of hydrogen-bond acceptors (Lipinski definition) is 4. The van der Waals surface area contributed by atoms with E-state index in [1.165, 1.54) is 0 Å². The van der Waals surface area contributed by atoms with E-state index in [9.17, 15) is 0 Å². The van der Waals surface area contributed by atoms with Crippen LogP contribution in [-0.2, 0) is 13.2 Å². The average molecular weight is 333 g/mol. The normalized spacial score (nSPS) is 10.2. The summed E-state index contributed by atoms with van der Waals surface area (Å²) in [5.41, 5.74) is 7.97. The van der Waals surface area contributed by atoms with E-state index in [0.717, 1.165) is 11.1 Å². The summed E-state index contributed by atoms with van der Waals surface area (Å²) in [5.74, 6) is 0.920. The Morgan fingerprint density at radius 1 is 0.840 bits per heavy atom. The van der Waals surface area contributed by atoms with Crippen molar-refractivity contribution in [2.24, 2.45) is 5.73 Å². The van der Waals surface area contributed by atoms with Crippen molar-refractivity contribution in [2.45, 2.75) is 13.2 Å². The van der Waals surface area contributed by atoms with E-state index >= 15 is 0 Å². The summed E-state index contributed by atoms with van der Waals surface area (Å²) in [5, 5.41) is 7.55. The highest BCUT2D eigenvalue weighted by atomic mass is 16.5. The number of nitrogens with zero attached hydrogens (tertiary/aromatic N) is 1. The standard InChI is InChI=1S/C20H19N3O2/c21-20(22)17-11-18(24-13-15-7-3-1-4-8-15)19(12-23-17)25-14-16-9-5-2-6-10-16/h1-12H,13-14H2,(H3,21,22). The van der Waals surface area contributed by atoms with Gasteiger partial charge in [0.1, 0.15) is 24.7 Å². The van der Waals surface area contributed by atoms with Gasteiger partial charge in [0, 0.05) is 6.07 Å². The van der Waals surface area contributed by atoms with Crippen LogP contribution in [0.5, 0.6) is 11.5 Å². The van der Waals surface area contributed by atoms with Gasteiger partial charge in [0.15, 0.2) is 11.5 Å². The van der Waals surface area contributed by atoms with Gasteiger partial charge >= 0.3 is 0 Å². The summed E-state index contributed by atoms with van der Waals surface area (Å²) in [6.07, 6.45) is 1.54. The number of hydrogen-bond donors (Lipinski definition) is 2. The molecule has 25 heavy (non-hydrogen) atoms. The monoisotopic (exact) mass is 333 g/mol. The summed E-state index contributed by atoms with van der Waals surface area (Å²) in [6.45, 7) is 0.799. The van der Waals surface area contributed by atoms with Crippen molar-refractivity contribution in [3.05, 3.63) is 89.7 Å². The van der Waals surface area contributed by atoms with Crippen LogP contribution >= 0.6 is 0 Å². The molecule has 3 N–H and O–H groups in total. The third-order valence-corrected chi connectivity index (χ3v) is 3.58. The van der Waals surface area contributed by atoms with Crippen LogP contribution in [-0.4, -0.2) is 10.8 Å².